The van der Waals surface area contributed by atoms with E-state index in [-0.39, 0.29) is 11.3 Å². The summed E-state index contributed by atoms with van der Waals surface area (Å²) < 4.78 is 42.0. The van der Waals surface area contributed by atoms with Crippen molar-refractivity contribution in [1.82, 2.24) is 0 Å². The standard InChI is InChI=1S/C19H24F3S/c1-18(2,3)15-10-9-14-11-16(13-7-5-4-6-8-13)23(17(14)12-15)19(20,21)22/h9-13H,4-8H2,1-3H3/q+1. The van der Waals surface area contributed by atoms with E-state index in [0.717, 1.165) is 43.1 Å². The average molecular weight is 341 g/mol. The van der Waals surface area contributed by atoms with Gasteiger partial charge in [-0.05, 0) is 29.9 Å². The minimum Gasteiger partial charge on any atom is -0.118 e. The van der Waals surface area contributed by atoms with Crippen LogP contribution in [0.4, 0.5) is 13.2 Å². The van der Waals surface area contributed by atoms with Crippen LogP contribution in [0, 0.1) is 0 Å². The smallest absolute Gasteiger partial charge is 0.118 e. The number of alkyl halides is 3. The summed E-state index contributed by atoms with van der Waals surface area (Å²) in [6.45, 7) is 6.14. The summed E-state index contributed by atoms with van der Waals surface area (Å²) in [4.78, 5) is 0.637. The van der Waals surface area contributed by atoms with Crippen LogP contribution >= 0.6 is 10.5 Å². The molecule has 1 heterocycles. The number of halogens is 3. The molecule has 1 fully saturated rings. The van der Waals surface area contributed by atoms with Gasteiger partial charge in [-0.15, -0.1) is 13.2 Å². The van der Waals surface area contributed by atoms with Crippen LogP contribution in [0.2, 0.25) is 0 Å². The van der Waals surface area contributed by atoms with Crippen LogP contribution in [0.3, 0.4) is 0 Å². The number of rotatable bonds is 1. The first-order chi connectivity index (χ1) is 10.7. The molecule has 1 aromatic heterocycles. The van der Waals surface area contributed by atoms with E-state index in [2.05, 4.69) is 0 Å². The fourth-order valence-corrected chi connectivity index (χ4v) is 5.76. The average Bonchev–Trinajstić information content (AvgIpc) is 2.85. The molecule has 0 radical (unpaired) electrons. The lowest BCUT2D eigenvalue weighted by Gasteiger charge is -2.19. The van der Waals surface area contributed by atoms with E-state index < -0.39 is 16.0 Å². The first-order valence-electron chi connectivity index (χ1n) is 8.35. The molecule has 0 saturated heterocycles. The lowest BCUT2D eigenvalue weighted by molar-refractivity contribution is -0.0868. The Labute approximate surface area is 138 Å². The van der Waals surface area contributed by atoms with E-state index in [1.165, 1.54) is 0 Å². The Kier molecular flexibility index (Phi) is 4.24. The minimum absolute atomic E-state index is 0.110. The second-order valence-corrected chi connectivity index (χ2v) is 9.62. The third kappa shape index (κ3) is 3.28. The molecule has 3 rings (SSSR count). The molecule has 1 atom stereocenters. The molecule has 1 unspecified atom stereocenters. The summed E-state index contributed by atoms with van der Waals surface area (Å²) in [5.41, 5.74) is -3.33. The number of hydrogen-bond acceptors (Lipinski definition) is 0. The Morgan fingerprint density at radius 3 is 2.17 bits per heavy atom. The Balaban J connectivity index is 2.20. The Hall–Kier alpha value is -1.03. The van der Waals surface area contributed by atoms with Gasteiger partial charge in [-0.1, -0.05) is 46.1 Å². The number of fused-ring (bicyclic) bond motifs is 1. The molecule has 0 aliphatic heterocycles. The molecular weight excluding hydrogens is 317 g/mol. The number of benzene rings is 1. The molecule has 0 amide bonds. The fourth-order valence-electron chi connectivity index (χ4n) is 3.57. The Morgan fingerprint density at radius 1 is 0.957 bits per heavy atom. The van der Waals surface area contributed by atoms with Crippen LogP contribution in [0.5, 0.6) is 0 Å². The molecule has 0 N–H and O–H groups in total. The van der Waals surface area contributed by atoms with Crippen LogP contribution in [0.15, 0.2) is 24.3 Å². The highest BCUT2D eigenvalue weighted by molar-refractivity contribution is 7.38. The van der Waals surface area contributed by atoms with Crippen LogP contribution in [0.25, 0.3) is 10.1 Å². The van der Waals surface area contributed by atoms with E-state index in [9.17, 15) is 13.2 Å². The monoisotopic (exact) mass is 341 g/mol. The third-order valence-electron chi connectivity index (χ3n) is 4.87. The molecule has 126 valence electrons. The van der Waals surface area contributed by atoms with Crippen molar-refractivity contribution >= 4 is 20.6 Å². The zero-order chi connectivity index (χ0) is 16.8. The van der Waals surface area contributed by atoms with Gasteiger partial charge in [0.05, 0.1) is 10.5 Å². The normalized spacial score (nSPS) is 18.6. The van der Waals surface area contributed by atoms with E-state index in [0.29, 0.717) is 9.58 Å². The number of hydrogen-bond donors (Lipinski definition) is 0. The van der Waals surface area contributed by atoms with Gasteiger partial charge in [0.25, 0.3) is 0 Å². The van der Waals surface area contributed by atoms with Crippen molar-refractivity contribution in [1.29, 1.82) is 0 Å². The predicted octanol–water partition coefficient (Wildman–Crippen LogP) is 7.41. The van der Waals surface area contributed by atoms with Crippen molar-refractivity contribution in [3.8, 4) is 0 Å². The van der Waals surface area contributed by atoms with Crippen molar-refractivity contribution in [3.63, 3.8) is 0 Å². The van der Waals surface area contributed by atoms with Crippen molar-refractivity contribution in [2.75, 3.05) is 0 Å². The van der Waals surface area contributed by atoms with Gasteiger partial charge in [-0.25, -0.2) is 0 Å². The van der Waals surface area contributed by atoms with Gasteiger partial charge >= 0.3 is 5.51 Å². The van der Waals surface area contributed by atoms with Gasteiger partial charge in [0.2, 0.25) is 0 Å². The molecule has 1 aliphatic rings. The van der Waals surface area contributed by atoms with Crippen molar-refractivity contribution in [2.45, 2.75) is 69.7 Å². The Bertz CT molecular complexity index is 698. The maximum absolute atomic E-state index is 13.8. The zero-order valence-corrected chi connectivity index (χ0v) is 14.8. The van der Waals surface area contributed by atoms with Gasteiger partial charge < -0.3 is 0 Å². The van der Waals surface area contributed by atoms with Gasteiger partial charge in [-0.3, -0.25) is 0 Å². The SMILES string of the molecule is CC(C)(C)c1ccc2cc(C3CCCCC3)[s+](C(F)(F)F)c2c1. The van der Waals surface area contributed by atoms with Crippen molar-refractivity contribution in [2.24, 2.45) is 0 Å². The maximum Gasteiger partial charge on any atom is 0.600 e. The second-order valence-electron chi connectivity index (χ2n) is 7.64. The van der Waals surface area contributed by atoms with Crippen LogP contribution < -0.4 is 0 Å². The summed E-state index contributed by atoms with van der Waals surface area (Å²) in [5, 5.41) is 0.777. The highest BCUT2D eigenvalue weighted by Crippen LogP contribution is 2.55. The molecule has 1 aromatic carbocycles. The fraction of sp³-hybridized carbons (Fsp3) is 0.579. The van der Waals surface area contributed by atoms with E-state index in [1.54, 1.807) is 6.07 Å². The molecule has 4 heteroatoms. The first kappa shape index (κ1) is 16.8. The highest BCUT2D eigenvalue weighted by Gasteiger charge is 2.49. The van der Waals surface area contributed by atoms with E-state index in [1.807, 2.05) is 39.0 Å². The van der Waals surface area contributed by atoms with Crippen LogP contribution in [0.1, 0.15) is 69.2 Å². The molecule has 0 bridgehead atoms. The quantitative estimate of drug-likeness (QED) is 0.474. The van der Waals surface area contributed by atoms with E-state index in [4.69, 9.17) is 0 Å². The summed E-state index contributed by atoms with van der Waals surface area (Å²) in [5.74, 6) is 0.110. The molecule has 23 heavy (non-hydrogen) atoms. The first-order valence-corrected chi connectivity index (χ1v) is 9.57. The van der Waals surface area contributed by atoms with Gasteiger partial charge in [0.15, 0.2) is 9.58 Å². The summed E-state index contributed by atoms with van der Waals surface area (Å²) in [6.07, 6.45) is 5.09. The molecule has 2 aromatic rings. The molecule has 0 nitrogen and oxygen atoms in total. The van der Waals surface area contributed by atoms with Gasteiger partial charge in [-0.2, -0.15) is 0 Å². The second kappa shape index (κ2) is 5.80. The third-order valence-corrected chi connectivity index (χ3v) is 7.05. The molecule has 0 spiro atoms. The van der Waals surface area contributed by atoms with Crippen molar-refractivity contribution < 1.29 is 13.2 Å². The Morgan fingerprint density at radius 2 is 1.61 bits per heavy atom. The molecular formula is C19H24F3S+. The largest absolute Gasteiger partial charge is 0.600 e. The summed E-state index contributed by atoms with van der Waals surface area (Å²) in [6, 6.07) is 7.52. The van der Waals surface area contributed by atoms with E-state index >= 15 is 0 Å². The zero-order valence-electron chi connectivity index (χ0n) is 14.0. The van der Waals surface area contributed by atoms with Gasteiger partial charge in [0.1, 0.15) is 0 Å². The van der Waals surface area contributed by atoms with Crippen LogP contribution in [-0.4, -0.2) is 0 Å². The minimum atomic E-state index is -4.18. The lowest BCUT2D eigenvalue weighted by atomic mass is 9.86. The summed E-state index contributed by atoms with van der Waals surface area (Å²) in [7, 11) is -1.74. The molecule has 1 aliphatic carbocycles. The predicted molar refractivity (Wildman–Crippen MR) is 92.3 cm³/mol. The van der Waals surface area contributed by atoms with Gasteiger partial charge in [0, 0.05) is 23.4 Å². The topological polar surface area (TPSA) is 0 Å². The lowest BCUT2D eigenvalue weighted by Crippen LogP contribution is -2.10. The van der Waals surface area contributed by atoms with Crippen molar-refractivity contribution in [3.05, 3.63) is 34.7 Å². The maximum atomic E-state index is 13.8. The van der Waals surface area contributed by atoms with Crippen LogP contribution in [-0.2, 0) is 10.9 Å². The number of thiophene rings is 1. The highest BCUT2D eigenvalue weighted by atomic mass is 32.2. The summed E-state index contributed by atoms with van der Waals surface area (Å²) >= 11 is 0. The molecule has 1 saturated carbocycles.